The fraction of sp³-hybridized carbons (Fsp3) is 0.375. The Morgan fingerprint density at radius 3 is 2.32 bits per heavy atom. The maximum atomic E-state index is 10.2. The molecule has 1 heterocycles. The lowest BCUT2D eigenvalue weighted by Gasteiger charge is -2.24. The van der Waals surface area contributed by atoms with E-state index in [9.17, 15) is 5.11 Å². The summed E-state index contributed by atoms with van der Waals surface area (Å²) in [6.07, 6.45) is 9.11. The smallest absolute Gasteiger partial charge is 0.0905 e. The zero-order valence-electron chi connectivity index (χ0n) is 11.0. The summed E-state index contributed by atoms with van der Waals surface area (Å²) in [7, 11) is 0. The van der Waals surface area contributed by atoms with Crippen molar-refractivity contribution >= 4 is 0 Å². The first-order chi connectivity index (χ1) is 9.18. The summed E-state index contributed by atoms with van der Waals surface area (Å²) in [5, 5.41) is 21.5. The van der Waals surface area contributed by atoms with Crippen LogP contribution in [0.25, 0.3) is 0 Å². The van der Waals surface area contributed by atoms with Crippen molar-refractivity contribution in [1.82, 2.24) is 5.32 Å². The molecule has 1 atom stereocenters. The molecular weight excluding hydrogens is 238 g/mol. The van der Waals surface area contributed by atoms with E-state index in [1.807, 2.05) is 54.6 Å². The van der Waals surface area contributed by atoms with Crippen LogP contribution in [0.15, 0.2) is 54.6 Å². The highest BCUT2D eigenvalue weighted by molar-refractivity contribution is 5.24. The normalized spacial score (nSPS) is 25.4. The monoisotopic (exact) mass is 259 g/mol. The average Bonchev–Trinajstić information content (AvgIpc) is 2.39. The summed E-state index contributed by atoms with van der Waals surface area (Å²) in [6, 6.07) is 10.1. The minimum Gasteiger partial charge on any atom is -0.390 e. The molecule has 3 rings (SSSR count). The van der Waals surface area contributed by atoms with E-state index < -0.39 is 5.60 Å². The van der Waals surface area contributed by atoms with Crippen LogP contribution in [-0.4, -0.2) is 35.0 Å². The molecule has 1 aliphatic heterocycles. The van der Waals surface area contributed by atoms with Gasteiger partial charge in [-0.15, -0.1) is 0 Å². The quantitative estimate of drug-likeness (QED) is 0.753. The van der Waals surface area contributed by atoms with Crippen LogP contribution in [0.5, 0.6) is 0 Å². The Labute approximate surface area is 114 Å². The Kier molecular flexibility index (Phi) is 4.91. The lowest BCUT2D eigenvalue weighted by atomic mass is 9.88. The van der Waals surface area contributed by atoms with Gasteiger partial charge in [0.25, 0.3) is 0 Å². The number of benzene rings is 1. The van der Waals surface area contributed by atoms with E-state index in [1.165, 1.54) is 5.56 Å². The highest BCUT2D eigenvalue weighted by atomic mass is 16.3. The van der Waals surface area contributed by atoms with Crippen LogP contribution in [-0.2, 0) is 6.42 Å². The summed E-state index contributed by atoms with van der Waals surface area (Å²) in [4.78, 5) is 0. The number of aliphatic hydroxyl groups excluding tert-OH is 1. The topological polar surface area (TPSA) is 52.5 Å². The number of β-amino-alcohol motifs (C(OH)–C–C–N with tert-alkyl or cyclic N) is 1. The van der Waals surface area contributed by atoms with Gasteiger partial charge in [-0.05, 0) is 12.0 Å². The summed E-state index contributed by atoms with van der Waals surface area (Å²) in [5.74, 6) is 0. The van der Waals surface area contributed by atoms with Crippen LogP contribution in [0.4, 0.5) is 0 Å². The van der Waals surface area contributed by atoms with Gasteiger partial charge < -0.3 is 15.5 Å². The van der Waals surface area contributed by atoms with Crippen LogP contribution in [0.3, 0.4) is 0 Å². The maximum absolute atomic E-state index is 10.2. The molecule has 2 aliphatic rings. The molecule has 0 bridgehead atoms. The van der Waals surface area contributed by atoms with Gasteiger partial charge >= 0.3 is 0 Å². The molecule has 0 amide bonds. The van der Waals surface area contributed by atoms with Gasteiger partial charge in [-0.3, -0.25) is 0 Å². The van der Waals surface area contributed by atoms with E-state index in [4.69, 9.17) is 5.11 Å². The average molecular weight is 259 g/mol. The van der Waals surface area contributed by atoms with Crippen molar-refractivity contribution in [2.24, 2.45) is 0 Å². The van der Waals surface area contributed by atoms with Crippen LogP contribution < -0.4 is 5.32 Å². The van der Waals surface area contributed by atoms with E-state index in [1.54, 1.807) is 0 Å². The molecule has 0 saturated carbocycles. The van der Waals surface area contributed by atoms with Gasteiger partial charge in [0.15, 0.2) is 0 Å². The first-order valence-electron chi connectivity index (χ1n) is 6.67. The highest BCUT2D eigenvalue weighted by Gasteiger charge is 2.23. The molecule has 1 unspecified atom stereocenters. The molecule has 3 N–H and O–H groups in total. The third-order valence-electron chi connectivity index (χ3n) is 3.24. The van der Waals surface area contributed by atoms with Gasteiger partial charge in [0.1, 0.15) is 0 Å². The maximum Gasteiger partial charge on any atom is 0.0905 e. The van der Waals surface area contributed by atoms with Gasteiger partial charge in [-0.2, -0.15) is 0 Å². The van der Waals surface area contributed by atoms with Crippen LogP contribution in [0.1, 0.15) is 12.0 Å². The Balaban J connectivity index is 0.000000224. The second-order valence-electron chi connectivity index (χ2n) is 5.07. The first kappa shape index (κ1) is 14.0. The zero-order chi connectivity index (χ0) is 13.6. The SMILES string of the molecule is OC1(Cc2ccccc2)C=CC=CC1.OC1CNC1. The fourth-order valence-corrected chi connectivity index (χ4v) is 2.01. The minimum atomic E-state index is -0.684. The largest absolute Gasteiger partial charge is 0.390 e. The van der Waals surface area contributed by atoms with E-state index >= 15 is 0 Å². The van der Waals surface area contributed by atoms with Crippen molar-refractivity contribution in [1.29, 1.82) is 0 Å². The van der Waals surface area contributed by atoms with Crippen molar-refractivity contribution in [2.45, 2.75) is 24.5 Å². The summed E-state index contributed by atoms with van der Waals surface area (Å²) < 4.78 is 0. The van der Waals surface area contributed by atoms with Crippen LogP contribution in [0, 0.1) is 0 Å². The standard InChI is InChI=1S/C13H14O.C3H7NO/c14-13(9-5-2-6-10-13)11-12-7-3-1-4-8-12;5-3-1-4-2-3/h1-9,14H,10-11H2;3-5H,1-2H2. The third-order valence-corrected chi connectivity index (χ3v) is 3.24. The molecule has 19 heavy (non-hydrogen) atoms. The molecular formula is C16H21NO2. The number of hydrogen-bond acceptors (Lipinski definition) is 3. The molecule has 3 heteroatoms. The number of hydrogen-bond donors (Lipinski definition) is 3. The van der Waals surface area contributed by atoms with Crippen molar-refractivity contribution in [2.75, 3.05) is 13.1 Å². The van der Waals surface area contributed by atoms with Crippen molar-refractivity contribution < 1.29 is 10.2 Å². The Morgan fingerprint density at radius 1 is 1.16 bits per heavy atom. The molecule has 0 radical (unpaired) electrons. The summed E-state index contributed by atoms with van der Waals surface area (Å²) in [5.41, 5.74) is 0.491. The lowest BCUT2D eigenvalue weighted by Crippen LogP contribution is -2.46. The number of aliphatic hydroxyl groups is 2. The van der Waals surface area contributed by atoms with Gasteiger partial charge in [0.2, 0.25) is 0 Å². The molecule has 102 valence electrons. The van der Waals surface area contributed by atoms with Crippen LogP contribution >= 0.6 is 0 Å². The fourth-order valence-electron chi connectivity index (χ4n) is 2.01. The van der Waals surface area contributed by atoms with Gasteiger partial charge in [0, 0.05) is 19.5 Å². The zero-order valence-corrected chi connectivity index (χ0v) is 11.0. The molecule has 0 spiro atoms. The van der Waals surface area contributed by atoms with Gasteiger partial charge in [0.05, 0.1) is 11.7 Å². The van der Waals surface area contributed by atoms with Crippen LogP contribution in [0.2, 0.25) is 0 Å². The molecule has 1 aromatic rings. The molecule has 1 fully saturated rings. The first-order valence-corrected chi connectivity index (χ1v) is 6.67. The van der Waals surface area contributed by atoms with E-state index in [0.717, 1.165) is 13.1 Å². The van der Waals surface area contributed by atoms with E-state index in [-0.39, 0.29) is 6.10 Å². The second-order valence-corrected chi connectivity index (χ2v) is 5.07. The predicted molar refractivity (Wildman–Crippen MR) is 76.9 cm³/mol. The molecule has 1 aliphatic carbocycles. The molecule has 1 saturated heterocycles. The number of rotatable bonds is 2. The molecule has 1 aromatic carbocycles. The van der Waals surface area contributed by atoms with Gasteiger partial charge in [-0.25, -0.2) is 0 Å². The molecule has 0 aromatic heterocycles. The summed E-state index contributed by atoms with van der Waals surface area (Å²) in [6.45, 7) is 1.58. The van der Waals surface area contributed by atoms with E-state index in [0.29, 0.717) is 12.8 Å². The van der Waals surface area contributed by atoms with E-state index in [2.05, 4.69) is 5.32 Å². The second kappa shape index (κ2) is 6.66. The number of nitrogens with one attached hydrogen (secondary N) is 1. The van der Waals surface area contributed by atoms with Gasteiger partial charge in [-0.1, -0.05) is 54.6 Å². The minimum absolute atomic E-state index is 0.0463. The van der Waals surface area contributed by atoms with Crippen molar-refractivity contribution in [3.8, 4) is 0 Å². The summed E-state index contributed by atoms with van der Waals surface area (Å²) >= 11 is 0. The highest BCUT2D eigenvalue weighted by Crippen LogP contribution is 2.22. The Morgan fingerprint density at radius 2 is 1.84 bits per heavy atom. The Hall–Kier alpha value is -1.42. The molecule has 3 nitrogen and oxygen atoms in total. The lowest BCUT2D eigenvalue weighted by molar-refractivity contribution is 0.0934. The van der Waals surface area contributed by atoms with Crippen molar-refractivity contribution in [3.05, 3.63) is 60.2 Å². The number of allylic oxidation sites excluding steroid dienone is 2. The van der Waals surface area contributed by atoms with Crippen molar-refractivity contribution in [3.63, 3.8) is 0 Å². The predicted octanol–water partition coefficient (Wildman–Crippen LogP) is 1.43. The third kappa shape index (κ3) is 4.63. The Bertz CT molecular complexity index is 437.